The molecule has 25 heavy (non-hydrogen) atoms. The first-order chi connectivity index (χ1) is 12.0. The Kier molecular flexibility index (Phi) is 5.28. The first-order valence-corrected chi connectivity index (χ1v) is 9.26. The fraction of sp³-hybridized carbons (Fsp3) is 0.118. The molecule has 1 aromatic heterocycles. The second-order valence-electron chi connectivity index (χ2n) is 5.05. The SMILES string of the molecule is CCN1C(=O)/C(=C/c2ccc(I)o2)SC1=Nc1cccc(C(=O)O)c1. The molecule has 0 spiro atoms. The van der Waals surface area contributed by atoms with Crippen LogP contribution in [0.5, 0.6) is 0 Å². The first-order valence-electron chi connectivity index (χ1n) is 7.36. The smallest absolute Gasteiger partial charge is 0.335 e. The number of hydrogen-bond donors (Lipinski definition) is 1. The second kappa shape index (κ2) is 7.44. The number of furan rings is 1. The summed E-state index contributed by atoms with van der Waals surface area (Å²) in [7, 11) is 0. The largest absolute Gasteiger partial charge is 0.478 e. The minimum absolute atomic E-state index is 0.146. The monoisotopic (exact) mass is 468 g/mol. The van der Waals surface area contributed by atoms with E-state index in [0.717, 1.165) is 3.77 Å². The van der Waals surface area contributed by atoms with Crippen LogP contribution >= 0.6 is 34.4 Å². The lowest BCUT2D eigenvalue weighted by molar-refractivity contribution is -0.122. The van der Waals surface area contributed by atoms with Gasteiger partial charge in [0.25, 0.3) is 5.91 Å². The number of halogens is 1. The normalized spacial score (nSPS) is 17.7. The lowest BCUT2D eigenvalue weighted by atomic mass is 10.2. The fourth-order valence-electron chi connectivity index (χ4n) is 2.22. The molecule has 0 unspecified atom stereocenters. The van der Waals surface area contributed by atoms with E-state index < -0.39 is 5.97 Å². The van der Waals surface area contributed by atoms with Crippen LogP contribution in [-0.2, 0) is 4.79 Å². The van der Waals surface area contributed by atoms with Gasteiger partial charge in [0, 0.05) is 12.6 Å². The van der Waals surface area contributed by atoms with Gasteiger partial charge in [-0.15, -0.1) is 0 Å². The molecule has 128 valence electrons. The quantitative estimate of drug-likeness (QED) is 0.537. The Morgan fingerprint density at radius 3 is 2.84 bits per heavy atom. The van der Waals surface area contributed by atoms with Crippen LogP contribution in [0.15, 0.2) is 50.7 Å². The molecule has 1 fully saturated rings. The molecule has 6 nitrogen and oxygen atoms in total. The van der Waals surface area contributed by atoms with E-state index in [4.69, 9.17) is 9.52 Å². The van der Waals surface area contributed by atoms with Gasteiger partial charge >= 0.3 is 5.97 Å². The summed E-state index contributed by atoms with van der Waals surface area (Å²) in [6.07, 6.45) is 1.69. The summed E-state index contributed by atoms with van der Waals surface area (Å²) in [5, 5.41) is 9.60. The van der Waals surface area contributed by atoms with Crippen molar-refractivity contribution in [2.24, 2.45) is 4.99 Å². The molecule has 2 aromatic rings. The number of thioether (sulfide) groups is 1. The molecule has 0 bridgehead atoms. The van der Waals surface area contributed by atoms with Gasteiger partial charge in [0.15, 0.2) is 8.93 Å². The topological polar surface area (TPSA) is 83.1 Å². The highest BCUT2D eigenvalue weighted by Gasteiger charge is 2.32. The maximum Gasteiger partial charge on any atom is 0.335 e. The van der Waals surface area contributed by atoms with E-state index in [9.17, 15) is 9.59 Å². The van der Waals surface area contributed by atoms with Crippen molar-refractivity contribution >= 4 is 63.2 Å². The highest BCUT2D eigenvalue weighted by Crippen LogP contribution is 2.34. The van der Waals surface area contributed by atoms with E-state index in [2.05, 4.69) is 27.6 Å². The minimum Gasteiger partial charge on any atom is -0.478 e. The van der Waals surface area contributed by atoms with Crippen molar-refractivity contribution in [1.82, 2.24) is 4.90 Å². The van der Waals surface area contributed by atoms with Gasteiger partial charge in [0.1, 0.15) is 5.76 Å². The summed E-state index contributed by atoms with van der Waals surface area (Å²) < 4.78 is 6.22. The zero-order valence-corrected chi connectivity index (χ0v) is 16.1. The van der Waals surface area contributed by atoms with Crippen LogP contribution in [0.1, 0.15) is 23.0 Å². The summed E-state index contributed by atoms with van der Waals surface area (Å²) >= 11 is 3.30. The summed E-state index contributed by atoms with van der Waals surface area (Å²) in [5.74, 6) is -0.560. The van der Waals surface area contributed by atoms with Crippen molar-refractivity contribution < 1.29 is 19.1 Å². The van der Waals surface area contributed by atoms with E-state index in [1.54, 1.807) is 29.2 Å². The molecule has 0 radical (unpaired) electrons. The molecule has 3 rings (SSSR count). The lowest BCUT2D eigenvalue weighted by Crippen LogP contribution is -2.28. The number of nitrogens with zero attached hydrogens (tertiary/aromatic N) is 2. The Morgan fingerprint density at radius 2 is 2.20 bits per heavy atom. The number of carbonyl (C=O) groups excluding carboxylic acids is 1. The zero-order chi connectivity index (χ0) is 18.0. The number of carboxylic acid groups (broad SMARTS) is 1. The maximum absolute atomic E-state index is 12.5. The highest BCUT2D eigenvalue weighted by atomic mass is 127. The van der Waals surface area contributed by atoms with Gasteiger partial charge in [-0.05, 0) is 71.6 Å². The number of rotatable bonds is 4. The predicted molar refractivity (Wildman–Crippen MR) is 105 cm³/mol. The molecular formula is C17H13IN2O4S. The molecule has 0 atom stereocenters. The van der Waals surface area contributed by atoms with Crippen molar-refractivity contribution in [3.05, 3.63) is 56.4 Å². The molecular weight excluding hydrogens is 455 g/mol. The highest BCUT2D eigenvalue weighted by molar-refractivity contribution is 14.1. The number of benzene rings is 1. The maximum atomic E-state index is 12.5. The standard InChI is InChI=1S/C17H13IN2O4S/c1-2-20-15(21)13(9-12-6-7-14(18)24-12)25-17(20)19-11-5-3-4-10(8-11)16(22)23/h3-9H,2H2,1H3,(H,22,23)/b13-9-,19-17?. The molecule has 8 heteroatoms. The Balaban J connectivity index is 1.93. The van der Waals surface area contributed by atoms with Gasteiger partial charge in [-0.3, -0.25) is 9.69 Å². The molecule has 1 aliphatic rings. The Hall–Kier alpha value is -2.07. The number of aliphatic imine (C=N–C) groups is 1. The van der Waals surface area contributed by atoms with E-state index >= 15 is 0 Å². The fourth-order valence-corrected chi connectivity index (χ4v) is 3.70. The van der Waals surface area contributed by atoms with E-state index in [1.807, 2.05) is 13.0 Å². The number of hydrogen-bond acceptors (Lipinski definition) is 5. The average Bonchev–Trinajstić information content (AvgIpc) is 3.11. The number of carbonyl (C=O) groups is 2. The van der Waals surface area contributed by atoms with Crippen LogP contribution in [-0.4, -0.2) is 33.6 Å². The van der Waals surface area contributed by atoms with Crippen LogP contribution in [0.4, 0.5) is 5.69 Å². The molecule has 1 saturated heterocycles. The number of carboxylic acids is 1. The van der Waals surface area contributed by atoms with E-state index in [-0.39, 0.29) is 11.5 Å². The number of aromatic carboxylic acids is 1. The third-order valence-corrected chi connectivity index (χ3v) is 4.98. The van der Waals surface area contributed by atoms with Crippen LogP contribution < -0.4 is 0 Å². The molecule has 1 aliphatic heterocycles. The van der Waals surface area contributed by atoms with Gasteiger partial charge in [-0.25, -0.2) is 9.79 Å². The molecule has 1 aromatic carbocycles. The van der Waals surface area contributed by atoms with Crippen molar-refractivity contribution in [3.8, 4) is 0 Å². The van der Waals surface area contributed by atoms with E-state index in [0.29, 0.717) is 28.1 Å². The van der Waals surface area contributed by atoms with Gasteiger partial charge in [0.05, 0.1) is 16.2 Å². The average molecular weight is 468 g/mol. The number of amides is 1. The Morgan fingerprint density at radius 1 is 1.40 bits per heavy atom. The summed E-state index contributed by atoms with van der Waals surface area (Å²) in [5.41, 5.74) is 0.641. The van der Waals surface area contributed by atoms with Crippen molar-refractivity contribution in [2.45, 2.75) is 6.92 Å². The number of amidine groups is 1. The lowest BCUT2D eigenvalue weighted by Gasteiger charge is -2.12. The van der Waals surface area contributed by atoms with Gasteiger partial charge < -0.3 is 9.52 Å². The van der Waals surface area contributed by atoms with Crippen LogP contribution in [0.2, 0.25) is 0 Å². The molecule has 1 N–H and O–H groups in total. The Bertz CT molecular complexity index is 904. The van der Waals surface area contributed by atoms with Crippen molar-refractivity contribution in [3.63, 3.8) is 0 Å². The van der Waals surface area contributed by atoms with Crippen LogP contribution in [0, 0.1) is 3.77 Å². The summed E-state index contributed by atoms with van der Waals surface area (Å²) in [6.45, 7) is 2.33. The first kappa shape index (κ1) is 17.7. The molecule has 0 saturated carbocycles. The van der Waals surface area contributed by atoms with Gasteiger partial charge in [0.2, 0.25) is 0 Å². The predicted octanol–water partition coefficient (Wildman–Crippen LogP) is 4.21. The molecule has 0 aliphatic carbocycles. The van der Waals surface area contributed by atoms with Crippen LogP contribution in [0.3, 0.4) is 0 Å². The minimum atomic E-state index is -1.02. The van der Waals surface area contributed by atoms with Crippen LogP contribution in [0.25, 0.3) is 6.08 Å². The Labute approximate surface area is 161 Å². The zero-order valence-electron chi connectivity index (χ0n) is 13.1. The molecule has 2 heterocycles. The van der Waals surface area contributed by atoms with Crippen molar-refractivity contribution in [1.29, 1.82) is 0 Å². The third kappa shape index (κ3) is 3.96. The third-order valence-electron chi connectivity index (χ3n) is 3.39. The van der Waals surface area contributed by atoms with Gasteiger partial charge in [-0.1, -0.05) is 6.07 Å². The van der Waals surface area contributed by atoms with E-state index in [1.165, 1.54) is 23.9 Å². The van der Waals surface area contributed by atoms with Crippen molar-refractivity contribution in [2.75, 3.05) is 6.54 Å². The summed E-state index contributed by atoms with van der Waals surface area (Å²) in [4.78, 5) is 30.1. The second-order valence-corrected chi connectivity index (χ2v) is 7.12. The van der Waals surface area contributed by atoms with Gasteiger partial charge in [-0.2, -0.15) is 0 Å². The molecule has 1 amide bonds. The summed E-state index contributed by atoms with van der Waals surface area (Å²) in [6, 6.07) is 9.92. The number of likely N-dealkylation sites (N-methyl/N-ethyl adjacent to an activating group) is 1.